The van der Waals surface area contributed by atoms with Crippen LogP contribution in [0.2, 0.25) is 0 Å². The van der Waals surface area contributed by atoms with Crippen molar-refractivity contribution in [1.82, 2.24) is 0 Å². The van der Waals surface area contributed by atoms with Crippen LogP contribution in [0, 0.1) is 0 Å². The number of rotatable bonds is 3. The number of benzene rings is 1. The molecule has 1 aromatic rings. The fourth-order valence-electron chi connectivity index (χ4n) is 1.89. The standard InChI is InChI=1S/C13H18BrNO3/c1-2-10(15)12(16)8-6-9(14)13-11(7-8)17-4-3-5-18-13/h6-7,10,12,16H,2-5,15H2,1H3. The summed E-state index contributed by atoms with van der Waals surface area (Å²) in [5.74, 6) is 1.37. The Morgan fingerprint density at radius 3 is 2.83 bits per heavy atom. The number of halogens is 1. The average Bonchev–Trinajstić information content (AvgIpc) is 2.62. The topological polar surface area (TPSA) is 64.7 Å². The van der Waals surface area contributed by atoms with Gasteiger partial charge in [-0.15, -0.1) is 0 Å². The predicted molar refractivity (Wildman–Crippen MR) is 73.0 cm³/mol. The highest BCUT2D eigenvalue weighted by Crippen LogP contribution is 2.39. The first-order valence-corrected chi connectivity index (χ1v) is 6.95. The molecule has 0 aromatic heterocycles. The summed E-state index contributed by atoms with van der Waals surface area (Å²) < 4.78 is 12.0. The Kier molecular flexibility index (Phi) is 4.48. The molecule has 3 N–H and O–H groups in total. The van der Waals surface area contributed by atoms with E-state index in [0.29, 0.717) is 31.1 Å². The second-order valence-corrected chi connectivity index (χ2v) is 5.25. The molecule has 5 heteroatoms. The first-order chi connectivity index (χ1) is 8.63. The van der Waals surface area contributed by atoms with Gasteiger partial charge in [0.25, 0.3) is 0 Å². The van der Waals surface area contributed by atoms with Crippen LogP contribution in [-0.2, 0) is 0 Å². The Balaban J connectivity index is 2.34. The average molecular weight is 316 g/mol. The zero-order valence-corrected chi connectivity index (χ0v) is 11.9. The van der Waals surface area contributed by atoms with Crippen molar-refractivity contribution in [3.63, 3.8) is 0 Å². The summed E-state index contributed by atoms with van der Waals surface area (Å²) >= 11 is 3.45. The number of ether oxygens (including phenoxy) is 2. The molecule has 1 aromatic carbocycles. The van der Waals surface area contributed by atoms with Gasteiger partial charge in [-0.1, -0.05) is 6.92 Å². The Labute approximate surface area is 115 Å². The van der Waals surface area contributed by atoms with Crippen molar-refractivity contribution < 1.29 is 14.6 Å². The molecule has 4 nitrogen and oxygen atoms in total. The van der Waals surface area contributed by atoms with Crippen molar-refractivity contribution in [3.05, 3.63) is 22.2 Å². The molecular formula is C13H18BrNO3. The van der Waals surface area contributed by atoms with Gasteiger partial charge in [0.15, 0.2) is 11.5 Å². The number of nitrogens with two attached hydrogens (primary N) is 1. The molecule has 0 saturated carbocycles. The maximum Gasteiger partial charge on any atom is 0.175 e. The normalized spacial score (nSPS) is 18.0. The number of aliphatic hydroxyl groups is 1. The first kappa shape index (κ1) is 13.6. The second-order valence-electron chi connectivity index (χ2n) is 4.40. The Bertz CT molecular complexity index is 425. The quantitative estimate of drug-likeness (QED) is 0.899. The Hall–Kier alpha value is -0.780. The van der Waals surface area contributed by atoms with Gasteiger partial charge >= 0.3 is 0 Å². The Morgan fingerprint density at radius 2 is 2.11 bits per heavy atom. The predicted octanol–water partition coefficient (Wildman–Crippen LogP) is 2.38. The van der Waals surface area contributed by atoms with Crippen molar-refractivity contribution in [2.75, 3.05) is 13.2 Å². The fourth-order valence-corrected chi connectivity index (χ4v) is 2.47. The summed E-state index contributed by atoms with van der Waals surface area (Å²) in [5.41, 5.74) is 6.62. The minimum atomic E-state index is -0.691. The lowest BCUT2D eigenvalue weighted by atomic mass is 10.0. The highest BCUT2D eigenvalue weighted by Gasteiger charge is 2.21. The van der Waals surface area contributed by atoms with E-state index in [4.69, 9.17) is 15.2 Å². The molecule has 2 atom stereocenters. The fraction of sp³-hybridized carbons (Fsp3) is 0.538. The molecule has 2 rings (SSSR count). The molecule has 18 heavy (non-hydrogen) atoms. The molecule has 100 valence electrons. The van der Waals surface area contributed by atoms with Crippen LogP contribution in [0.5, 0.6) is 11.5 Å². The van der Waals surface area contributed by atoms with Gasteiger partial charge in [0.1, 0.15) is 0 Å². The van der Waals surface area contributed by atoms with Crippen LogP contribution in [-0.4, -0.2) is 24.4 Å². The monoisotopic (exact) mass is 315 g/mol. The third-order valence-electron chi connectivity index (χ3n) is 3.04. The minimum Gasteiger partial charge on any atom is -0.490 e. The van der Waals surface area contributed by atoms with Crippen LogP contribution in [0.25, 0.3) is 0 Å². The van der Waals surface area contributed by atoms with E-state index in [2.05, 4.69) is 15.9 Å². The number of aliphatic hydroxyl groups excluding tert-OH is 1. The third-order valence-corrected chi connectivity index (χ3v) is 3.63. The molecule has 2 unspecified atom stereocenters. The molecule has 0 spiro atoms. The molecule has 1 heterocycles. The molecule has 0 saturated heterocycles. The van der Waals surface area contributed by atoms with Gasteiger partial charge < -0.3 is 20.3 Å². The maximum absolute atomic E-state index is 10.1. The van der Waals surface area contributed by atoms with Crippen LogP contribution >= 0.6 is 15.9 Å². The molecular weight excluding hydrogens is 298 g/mol. The molecule has 0 amide bonds. The molecule has 0 aliphatic carbocycles. The summed E-state index contributed by atoms with van der Waals surface area (Å²) in [6.45, 7) is 3.22. The lowest BCUT2D eigenvalue weighted by Gasteiger charge is -2.19. The minimum absolute atomic E-state index is 0.276. The van der Waals surface area contributed by atoms with E-state index in [1.54, 1.807) is 0 Å². The van der Waals surface area contributed by atoms with Crippen LogP contribution < -0.4 is 15.2 Å². The van der Waals surface area contributed by atoms with Crippen molar-refractivity contribution in [2.45, 2.75) is 31.9 Å². The summed E-state index contributed by atoms with van der Waals surface area (Å²) in [5, 5.41) is 10.1. The van der Waals surface area contributed by atoms with E-state index < -0.39 is 6.10 Å². The Morgan fingerprint density at radius 1 is 1.39 bits per heavy atom. The largest absolute Gasteiger partial charge is 0.490 e. The molecule has 0 bridgehead atoms. The van der Waals surface area contributed by atoms with Gasteiger partial charge in [-0.25, -0.2) is 0 Å². The second kappa shape index (κ2) is 5.91. The van der Waals surface area contributed by atoms with Crippen LogP contribution in [0.4, 0.5) is 0 Å². The van der Waals surface area contributed by atoms with E-state index in [0.717, 1.165) is 16.5 Å². The summed E-state index contributed by atoms with van der Waals surface area (Å²) in [6, 6.07) is 3.38. The van der Waals surface area contributed by atoms with Crippen molar-refractivity contribution in [3.8, 4) is 11.5 Å². The summed E-state index contributed by atoms with van der Waals surface area (Å²) in [6.07, 6.45) is 0.879. The van der Waals surface area contributed by atoms with Crippen molar-refractivity contribution in [2.24, 2.45) is 5.73 Å². The van der Waals surface area contributed by atoms with Crippen molar-refractivity contribution >= 4 is 15.9 Å². The van der Waals surface area contributed by atoms with Gasteiger partial charge in [-0.2, -0.15) is 0 Å². The number of fused-ring (bicyclic) bond motifs is 1. The summed E-state index contributed by atoms with van der Waals surface area (Å²) in [7, 11) is 0. The number of hydrogen-bond acceptors (Lipinski definition) is 4. The van der Waals surface area contributed by atoms with Crippen LogP contribution in [0.3, 0.4) is 0 Å². The molecule has 0 fully saturated rings. The molecule has 1 aliphatic heterocycles. The third kappa shape index (κ3) is 2.79. The highest BCUT2D eigenvalue weighted by atomic mass is 79.9. The molecule has 1 aliphatic rings. The van der Waals surface area contributed by atoms with Gasteiger partial charge in [0.2, 0.25) is 0 Å². The van der Waals surface area contributed by atoms with E-state index in [9.17, 15) is 5.11 Å². The first-order valence-electron chi connectivity index (χ1n) is 6.16. The van der Waals surface area contributed by atoms with Crippen molar-refractivity contribution in [1.29, 1.82) is 0 Å². The van der Waals surface area contributed by atoms with Gasteiger partial charge in [0, 0.05) is 12.5 Å². The van der Waals surface area contributed by atoms with E-state index in [1.165, 1.54) is 0 Å². The summed E-state index contributed by atoms with van der Waals surface area (Å²) in [4.78, 5) is 0. The van der Waals surface area contributed by atoms with E-state index >= 15 is 0 Å². The van der Waals surface area contributed by atoms with Crippen LogP contribution in [0.15, 0.2) is 16.6 Å². The maximum atomic E-state index is 10.1. The number of hydrogen-bond donors (Lipinski definition) is 2. The highest BCUT2D eigenvalue weighted by molar-refractivity contribution is 9.10. The SMILES string of the molecule is CCC(N)C(O)c1cc(Br)c2c(c1)OCCCO2. The zero-order valence-electron chi connectivity index (χ0n) is 10.4. The smallest absolute Gasteiger partial charge is 0.175 e. The van der Waals surface area contributed by atoms with E-state index in [1.807, 2.05) is 19.1 Å². The molecule has 0 radical (unpaired) electrons. The lowest BCUT2D eigenvalue weighted by Crippen LogP contribution is -2.27. The zero-order chi connectivity index (χ0) is 13.1. The van der Waals surface area contributed by atoms with Gasteiger partial charge in [-0.3, -0.25) is 0 Å². The van der Waals surface area contributed by atoms with Gasteiger partial charge in [0.05, 0.1) is 23.8 Å². The lowest BCUT2D eigenvalue weighted by molar-refractivity contribution is 0.144. The van der Waals surface area contributed by atoms with Gasteiger partial charge in [-0.05, 0) is 40.0 Å². The van der Waals surface area contributed by atoms with Crippen LogP contribution in [0.1, 0.15) is 31.4 Å². The van der Waals surface area contributed by atoms with E-state index in [-0.39, 0.29) is 6.04 Å².